The third-order valence-electron chi connectivity index (χ3n) is 3.52. The zero-order chi connectivity index (χ0) is 17.9. The lowest BCUT2D eigenvalue weighted by molar-refractivity contribution is -0.133. The molecule has 1 aromatic heterocycles. The first-order chi connectivity index (χ1) is 11.3. The number of carbonyl (C=O) groups is 1. The van der Waals surface area contributed by atoms with E-state index in [0.29, 0.717) is 3.95 Å². The van der Waals surface area contributed by atoms with Gasteiger partial charge in [-0.3, -0.25) is 4.79 Å². The summed E-state index contributed by atoms with van der Waals surface area (Å²) in [6, 6.07) is 10.2. The number of carbonyl (C=O) groups excluding carboxylic acids is 1. The maximum atomic E-state index is 12.7. The van der Waals surface area contributed by atoms with Crippen molar-refractivity contribution in [1.29, 1.82) is 0 Å². The second kappa shape index (κ2) is 8.27. The third kappa shape index (κ3) is 4.46. The molecule has 0 aliphatic heterocycles. The topological polar surface area (TPSA) is 38.1 Å². The van der Waals surface area contributed by atoms with Crippen molar-refractivity contribution < 1.29 is 4.79 Å². The number of nitrogens with zero attached hydrogens (tertiary/aromatic N) is 3. The maximum Gasteiger partial charge on any atom is 0.236 e. The Morgan fingerprint density at radius 3 is 2.29 bits per heavy atom. The van der Waals surface area contributed by atoms with Crippen molar-refractivity contribution in [3.63, 3.8) is 0 Å². The van der Waals surface area contributed by atoms with E-state index in [1.54, 1.807) is 4.68 Å². The van der Waals surface area contributed by atoms with Crippen molar-refractivity contribution >= 4 is 41.2 Å². The van der Waals surface area contributed by atoms with E-state index in [1.165, 1.54) is 23.1 Å². The van der Waals surface area contributed by atoms with E-state index in [0.717, 1.165) is 10.0 Å². The first kappa shape index (κ1) is 19.1. The largest absolute Gasteiger partial charge is 0.337 e. The molecule has 1 atom stereocenters. The van der Waals surface area contributed by atoms with Crippen LogP contribution in [0.5, 0.6) is 0 Å². The van der Waals surface area contributed by atoms with Crippen LogP contribution in [-0.2, 0) is 4.79 Å². The maximum absolute atomic E-state index is 12.7. The standard InChI is InChI=1S/C17H23N3OS3/c1-11(2)19(12(3)4)15(21)13(5)23-16-18-20(17(22)24-16)14-9-7-6-8-10-14/h6-13H,1-5H3/t13-/m0/s1. The molecule has 0 unspecified atom stereocenters. The van der Waals surface area contributed by atoms with Crippen LogP contribution < -0.4 is 0 Å². The van der Waals surface area contributed by atoms with Crippen LogP contribution in [0.1, 0.15) is 34.6 Å². The summed E-state index contributed by atoms with van der Waals surface area (Å²) in [5.74, 6) is 0.136. The molecule has 0 N–H and O–H groups in total. The molecule has 2 rings (SSSR count). The molecule has 7 heteroatoms. The molecule has 2 aromatic rings. The minimum absolute atomic E-state index is 0.136. The second-order valence-corrected chi connectivity index (χ2v) is 9.28. The van der Waals surface area contributed by atoms with E-state index in [4.69, 9.17) is 12.2 Å². The monoisotopic (exact) mass is 381 g/mol. The van der Waals surface area contributed by atoms with Gasteiger partial charge in [-0.15, -0.1) is 5.10 Å². The Balaban J connectivity index is 2.17. The van der Waals surface area contributed by atoms with Gasteiger partial charge in [-0.1, -0.05) is 41.3 Å². The molecule has 0 aliphatic rings. The van der Waals surface area contributed by atoms with Crippen LogP contribution in [0.2, 0.25) is 0 Å². The van der Waals surface area contributed by atoms with Crippen LogP contribution in [0.3, 0.4) is 0 Å². The van der Waals surface area contributed by atoms with Gasteiger partial charge >= 0.3 is 0 Å². The van der Waals surface area contributed by atoms with Gasteiger partial charge < -0.3 is 4.90 Å². The highest BCUT2D eigenvalue weighted by Gasteiger charge is 2.26. The molecule has 0 fully saturated rings. The molecule has 0 spiro atoms. The normalized spacial score (nSPS) is 12.6. The SMILES string of the molecule is CC(C)N(C(=O)[C@H](C)Sc1nn(-c2ccccc2)c(=S)s1)C(C)C. The molecule has 0 saturated heterocycles. The van der Waals surface area contributed by atoms with Gasteiger partial charge in [0.25, 0.3) is 0 Å². The van der Waals surface area contributed by atoms with E-state index >= 15 is 0 Å². The number of amides is 1. The quantitative estimate of drug-likeness (QED) is 0.533. The van der Waals surface area contributed by atoms with Crippen molar-refractivity contribution in [3.05, 3.63) is 34.3 Å². The molecule has 24 heavy (non-hydrogen) atoms. The van der Waals surface area contributed by atoms with Crippen LogP contribution in [0.15, 0.2) is 34.7 Å². The Kier molecular flexibility index (Phi) is 6.60. The number of thioether (sulfide) groups is 1. The first-order valence-electron chi connectivity index (χ1n) is 7.95. The molecule has 1 heterocycles. The Hall–Kier alpha value is -1.18. The van der Waals surface area contributed by atoms with Gasteiger partial charge in [-0.05, 0) is 59.0 Å². The summed E-state index contributed by atoms with van der Waals surface area (Å²) in [4.78, 5) is 14.7. The summed E-state index contributed by atoms with van der Waals surface area (Å²) in [7, 11) is 0. The van der Waals surface area contributed by atoms with Crippen LogP contribution >= 0.6 is 35.3 Å². The molecule has 130 valence electrons. The van der Waals surface area contributed by atoms with Crippen molar-refractivity contribution in [3.8, 4) is 5.69 Å². The number of para-hydroxylation sites is 1. The van der Waals surface area contributed by atoms with Crippen LogP contribution in [0.4, 0.5) is 0 Å². The van der Waals surface area contributed by atoms with Crippen LogP contribution in [-0.4, -0.2) is 37.9 Å². The molecule has 1 amide bonds. The zero-order valence-electron chi connectivity index (χ0n) is 14.6. The van der Waals surface area contributed by atoms with E-state index in [2.05, 4.69) is 5.10 Å². The highest BCUT2D eigenvalue weighted by atomic mass is 32.2. The molecular formula is C17H23N3OS3. The lowest BCUT2D eigenvalue weighted by atomic mass is 10.2. The van der Waals surface area contributed by atoms with Gasteiger partial charge in [0.05, 0.1) is 10.9 Å². The van der Waals surface area contributed by atoms with Crippen LogP contribution in [0, 0.1) is 3.95 Å². The average molecular weight is 382 g/mol. The summed E-state index contributed by atoms with van der Waals surface area (Å²) in [6.07, 6.45) is 0. The predicted molar refractivity (Wildman–Crippen MR) is 105 cm³/mol. The number of benzene rings is 1. The summed E-state index contributed by atoms with van der Waals surface area (Å²) in [5.41, 5.74) is 0.940. The van der Waals surface area contributed by atoms with Crippen molar-refractivity contribution in [2.45, 2.75) is 56.3 Å². The summed E-state index contributed by atoms with van der Waals surface area (Å²) < 4.78 is 3.26. The first-order valence-corrected chi connectivity index (χ1v) is 10.1. The number of hydrogen-bond donors (Lipinski definition) is 0. The lowest BCUT2D eigenvalue weighted by Gasteiger charge is -2.32. The van der Waals surface area contributed by atoms with E-state index in [1.807, 2.05) is 69.9 Å². The smallest absolute Gasteiger partial charge is 0.236 e. The minimum Gasteiger partial charge on any atom is -0.337 e. The number of hydrogen-bond acceptors (Lipinski definition) is 5. The Morgan fingerprint density at radius 1 is 1.17 bits per heavy atom. The summed E-state index contributed by atoms with van der Waals surface area (Å²) >= 11 is 8.33. The van der Waals surface area contributed by atoms with Gasteiger partial charge in [-0.2, -0.15) is 0 Å². The van der Waals surface area contributed by atoms with Gasteiger partial charge in [0.2, 0.25) is 5.91 Å². The lowest BCUT2D eigenvalue weighted by Crippen LogP contribution is -2.45. The Bertz CT molecular complexity index is 729. The predicted octanol–water partition coefficient (Wildman–Crippen LogP) is 4.79. The van der Waals surface area contributed by atoms with Gasteiger partial charge in [-0.25, -0.2) is 4.68 Å². The third-order valence-corrected chi connectivity index (χ3v) is 5.93. The summed E-state index contributed by atoms with van der Waals surface area (Å²) in [5, 5.41) is 4.38. The molecular weight excluding hydrogens is 358 g/mol. The van der Waals surface area contributed by atoms with E-state index in [-0.39, 0.29) is 23.2 Å². The molecule has 0 aliphatic carbocycles. The fourth-order valence-corrected chi connectivity index (χ4v) is 5.12. The fraction of sp³-hybridized carbons (Fsp3) is 0.471. The average Bonchev–Trinajstić information content (AvgIpc) is 2.87. The molecule has 0 bridgehead atoms. The molecule has 0 radical (unpaired) electrons. The fourth-order valence-electron chi connectivity index (χ4n) is 2.56. The van der Waals surface area contributed by atoms with Gasteiger partial charge in [0.1, 0.15) is 0 Å². The highest BCUT2D eigenvalue weighted by Crippen LogP contribution is 2.29. The van der Waals surface area contributed by atoms with Crippen LogP contribution in [0.25, 0.3) is 5.69 Å². The van der Waals surface area contributed by atoms with Gasteiger partial charge in [0, 0.05) is 12.1 Å². The number of aromatic nitrogens is 2. The molecule has 1 aromatic carbocycles. The molecule has 0 saturated carbocycles. The Morgan fingerprint density at radius 2 is 1.75 bits per heavy atom. The summed E-state index contributed by atoms with van der Waals surface area (Å²) in [6.45, 7) is 10.1. The second-order valence-electron chi connectivity index (χ2n) is 6.07. The highest BCUT2D eigenvalue weighted by molar-refractivity contribution is 8.02. The number of rotatable bonds is 6. The van der Waals surface area contributed by atoms with Crippen molar-refractivity contribution in [1.82, 2.24) is 14.7 Å². The molecule has 4 nitrogen and oxygen atoms in total. The zero-order valence-corrected chi connectivity index (χ0v) is 17.0. The van der Waals surface area contributed by atoms with Crippen molar-refractivity contribution in [2.24, 2.45) is 0 Å². The Labute approximate surface area is 156 Å². The van der Waals surface area contributed by atoms with Crippen molar-refractivity contribution in [2.75, 3.05) is 0 Å². The van der Waals surface area contributed by atoms with E-state index < -0.39 is 0 Å². The van der Waals surface area contributed by atoms with Gasteiger partial charge in [0.15, 0.2) is 8.29 Å². The minimum atomic E-state index is -0.195. The van der Waals surface area contributed by atoms with E-state index in [9.17, 15) is 4.79 Å².